The van der Waals surface area contributed by atoms with E-state index in [0.29, 0.717) is 0 Å². The molecule has 0 fully saturated rings. The van der Waals surface area contributed by atoms with Crippen molar-refractivity contribution in [2.24, 2.45) is 0 Å². The Kier molecular flexibility index (Phi) is 5.61. The lowest BCUT2D eigenvalue weighted by Gasteiger charge is -2.25. The first-order valence-corrected chi connectivity index (χ1v) is 4.36. The van der Waals surface area contributed by atoms with Gasteiger partial charge in [-0.25, -0.2) is 0 Å². The van der Waals surface area contributed by atoms with Crippen LogP contribution in [0.3, 0.4) is 0 Å². The maximum Gasteiger partial charge on any atom is 0.217 e. The van der Waals surface area contributed by atoms with Gasteiger partial charge in [-0.3, -0.25) is 15.6 Å². The second-order valence-corrected chi connectivity index (χ2v) is 3.16. The molecule has 0 radical (unpaired) electrons. The molecule has 0 aromatic carbocycles. The Bertz CT molecular complexity index is 163. The molecule has 13 heavy (non-hydrogen) atoms. The minimum absolute atomic E-state index is 0.119. The number of carbonyl (C=O) groups is 1. The molecule has 0 saturated heterocycles. The summed E-state index contributed by atoms with van der Waals surface area (Å²) in [6.45, 7) is 5.03. The van der Waals surface area contributed by atoms with E-state index in [-0.39, 0.29) is 18.0 Å². The Balaban J connectivity index is 3.92. The lowest BCUT2D eigenvalue weighted by Crippen LogP contribution is -2.52. The first-order chi connectivity index (χ1) is 5.99. The van der Waals surface area contributed by atoms with Gasteiger partial charge in [-0.15, -0.1) is 0 Å². The van der Waals surface area contributed by atoms with Gasteiger partial charge in [0.2, 0.25) is 5.91 Å². The van der Waals surface area contributed by atoms with E-state index in [9.17, 15) is 9.90 Å². The quantitative estimate of drug-likeness (QED) is 0.418. The summed E-state index contributed by atoms with van der Waals surface area (Å²) < 4.78 is 0. The largest absolute Gasteiger partial charge is 0.389 e. The third kappa shape index (κ3) is 4.82. The van der Waals surface area contributed by atoms with Gasteiger partial charge < -0.3 is 10.4 Å². The summed E-state index contributed by atoms with van der Waals surface area (Å²) in [7, 11) is 1.73. The second kappa shape index (κ2) is 5.90. The average molecular weight is 189 g/mol. The predicted octanol–water partition coefficient (Wildman–Crippen LogP) is -1.02. The molecule has 3 unspecified atom stereocenters. The second-order valence-electron chi connectivity index (χ2n) is 3.16. The van der Waals surface area contributed by atoms with Crippen molar-refractivity contribution in [1.29, 1.82) is 0 Å². The van der Waals surface area contributed by atoms with Crippen LogP contribution in [0.2, 0.25) is 0 Å². The van der Waals surface area contributed by atoms with Gasteiger partial charge in [0.15, 0.2) is 0 Å². The number of hydrazine groups is 1. The zero-order valence-electron chi connectivity index (χ0n) is 8.59. The van der Waals surface area contributed by atoms with Crippen LogP contribution in [-0.4, -0.2) is 36.2 Å². The Labute approximate surface area is 78.9 Å². The van der Waals surface area contributed by atoms with Gasteiger partial charge in [0.25, 0.3) is 0 Å². The van der Waals surface area contributed by atoms with E-state index >= 15 is 0 Å². The molecule has 1 amide bonds. The van der Waals surface area contributed by atoms with Gasteiger partial charge in [0.1, 0.15) is 0 Å². The minimum Gasteiger partial charge on any atom is -0.389 e. The summed E-state index contributed by atoms with van der Waals surface area (Å²) in [6, 6.07) is -0.375. The fraction of sp³-hybridized carbons (Fsp3) is 0.875. The number of rotatable bonds is 5. The van der Waals surface area contributed by atoms with Crippen molar-refractivity contribution in [3.05, 3.63) is 0 Å². The van der Waals surface area contributed by atoms with Crippen molar-refractivity contribution in [3.8, 4) is 0 Å². The molecule has 0 rings (SSSR count). The molecule has 0 saturated carbocycles. The topological polar surface area (TPSA) is 73.4 Å². The SMILES string of the molecule is CNNC(C)C(O)C(C)NC(C)=O. The molecular weight excluding hydrogens is 170 g/mol. The van der Waals surface area contributed by atoms with Crippen molar-refractivity contribution in [2.75, 3.05) is 7.05 Å². The van der Waals surface area contributed by atoms with Crippen molar-refractivity contribution in [3.63, 3.8) is 0 Å². The van der Waals surface area contributed by atoms with Crippen LogP contribution in [0, 0.1) is 0 Å². The molecule has 4 N–H and O–H groups in total. The zero-order valence-corrected chi connectivity index (χ0v) is 8.59. The smallest absolute Gasteiger partial charge is 0.217 e. The van der Waals surface area contributed by atoms with Crippen LogP contribution in [0.25, 0.3) is 0 Å². The lowest BCUT2D eigenvalue weighted by atomic mass is 10.1. The van der Waals surface area contributed by atoms with E-state index in [1.807, 2.05) is 6.92 Å². The number of carbonyl (C=O) groups excluding carboxylic acids is 1. The lowest BCUT2D eigenvalue weighted by molar-refractivity contribution is -0.120. The van der Waals surface area contributed by atoms with Crippen molar-refractivity contribution in [2.45, 2.75) is 39.0 Å². The maximum absolute atomic E-state index is 10.7. The van der Waals surface area contributed by atoms with Gasteiger partial charge in [-0.05, 0) is 20.9 Å². The number of aliphatic hydroxyl groups is 1. The number of amides is 1. The fourth-order valence-electron chi connectivity index (χ4n) is 1.15. The summed E-state index contributed by atoms with van der Waals surface area (Å²) >= 11 is 0. The van der Waals surface area contributed by atoms with Crippen molar-refractivity contribution >= 4 is 5.91 Å². The van der Waals surface area contributed by atoms with E-state index in [0.717, 1.165) is 0 Å². The van der Waals surface area contributed by atoms with E-state index in [1.54, 1.807) is 14.0 Å². The van der Waals surface area contributed by atoms with Crippen LogP contribution in [0.4, 0.5) is 0 Å². The van der Waals surface area contributed by atoms with Crippen molar-refractivity contribution < 1.29 is 9.90 Å². The molecule has 3 atom stereocenters. The normalized spacial score (nSPS) is 17.6. The Morgan fingerprint density at radius 1 is 1.31 bits per heavy atom. The Morgan fingerprint density at radius 2 is 1.85 bits per heavy atom. The summed E-state index contributed by atoms with van der Waals surface area (Å²) in [5.74, 6) is -0.136. The highest BCUT2D eigenvalue weighted by molar-refractivity contribution is 5.73. The summed E-state index contributed by atoms with van der Waals surface area (Å²) in [5.41, 5.74) is 5.58. The highest BCUT2D eigenvalue weighted by Gasteiger charge is 2.20. The zero-order chi connectivity index (χ0) is 10.4. The molecular formula is C8H19N3O2. The molecule has 0 bridgehead atoms. The molecule has 0 aliphatic carbocycles. The minimum atomic E-state index is -0.614. The monoisotopic (exact) mass is 189 g/mol. The molecule has 0 aliphatic heterocycles. The summed E-state index contributed by atoms with van der Waals surface area (Å²) in [5, 5.41) is 12.3. The molecule has 5 nitrogen and oxygen atoms in total. The van der Waals surface area contributed by atoms with E-state index in [2.05, 4.69) is 16.2 Å². The maximum atomic E-state index is 10.7. The Hall–Kier alpha value is -0.650. The van der Waals surface area contributed by atoms with Crippen LogP contribution in [0.15, 0.2) is 0 Å². The molecule has 0 spiro atoms. The first-order valence-electron chi connectivity index (χ1n) is 4.36. The van der Waals surface area contributed by atoms with Gasteiger partial charge >= 0.3 is 0 Å². The molecule has 0 aliphatic rings. The van der Waals surface area contributed by atoms with Gasteiger partial charge in [-0.2, -0.15) is 0 Å². The number of aliphatic hydroxyl groups excluding tert-OH is 1. The molecule has 0 aromatic heterocycles. The van der Waals surface area contributed by atoms with Crippen molar-refractivity contribution in [1.82, 2.24) is 16.2 Å². The van der Waals surface area contributed by atoms with E-state index in [1.165, 1.54) is 6.92 Å². The predicted molar refractivity (Wildman–Crippen MR) is 50.9 cm³/mol. The number of hydrogen-bond acceptors (Lipinski definition) is 4. The van der Waals surface area contributed by atoms with Crippen LogP contribution >= 0.6 is 0 Å². The third-order valence-corrected chi connectivity index (χ3v) is 1.83. The first kappa shape index (κ1) is 12.3. The molecule has 5 heteroatoms. The highest BCUT2D eigenvalue weighted by atomic mass is 16.3. The van der Waals surface area contributed by atoms with Crippen LogP contribution < -0.4 is 16.2 Å². The van der Waals surface area contributed by atoms with E-state index in [4.69, 9.17) is 0 Å². The van der Waals surface area contributed by atoms with Gasteiger partial charge in [0.05, 0.1) is 12.1 Å². The fourth-order valence-corrected chi connectivity index (χ4v) is 1.15. The van der Waals surface area contributed by atoms with Gasteiger partial charge in [0, 0.05) is 13.0 Å². The Morgan fingerprint density at radius 3 is 2.23 bits per heavy atom. The number of nitrogens with one attached hydrogen (secondary N) is 3. The molecule has 78 valence electrons. The molecule has 0 heterocycles. The van der Waals surface area contributed by atoms with Crippen LogP contribution in [0.1, 0.15) is 20.8 Å². The standard InChI is InChI=1S/C8H19N3O2/c1-5(10-7(3)12)8(13)6(2)11-9-4/h5-6,8-9,11,13H,1-4H3,(H,10,12). The molecule has 0 aromatic rings. The van der Waals surface area contributed by atoms with Crippen LogP contribution in [0.5, 0.6) is 0 Å². The highest BCUT2D eigenvalue weighted by Crippen LogP contribution is 1.98. The summed E-state index contributed by atoms with van der Waals surface area (Å²) in [6.07, 6.45) is -0.614. The average Bonchev–Trinajstić information content (AvgIpc) is 2.02. The van der Waals surface area contributed by atoms with Gasteiger partial charge in [-0.1, -0.05) is 0 Å². The summed E-state index contributed by atoms with van der Waals surface area (Å²) in [4.78, 5) is 10.7. The number of hydrogen-bond donors (Lipinski definition) is 4. The van der Waals surface area contributed by atoms with Crippen LogP contribution in [-0.2, 0) is 4.79 Å². The van der Waals surface area contributed by atoms with E-state index < -0.39 is 6.10 Å². The third-order valence-electron chi connectivity index (χ3n) is 1.83.